The first-order chi connectivity index (χ1) is 16.5. The summed E-state index contributed by atoms with van der Waals surface area (Å²) in [6, 6.07) is 18.7. The Morgan fingerprint density at radius 1 is 0.971 bits per heavy atom. The number of aryl methyl sites for hydroxylation is 1. The third-order valence-electron chi connectivity index (χ3n) is 6.10. The maximum atomic E-state index is 13.1. The Balaban J connectivity index is 1.46. The highest BCUT2D eigenvalue weighted by Gasteiger charge is 2.18. The highest BCUT2D eigenvalue weighted by Crippen LogP contribution is 2.22. The molecule has 2 N–H and O–H groups in total. The first-order valence-electron chi connectivity index (χ1n) is 11.8. The van der Waals surface area contributed by atoms with Crippen molar-refractivity contribution in [3.63, 3.8) is 0 Å². The maximum absolute atomic E-state index is 13.1. The summed E-state index contributed by atoms with van der Waals surface area (Å²) in [7, 11) is 0. The molecule has 6 nitrogen and oxygen atoms in total. The van der Waals surface area contributed by atoms with Crippen LogP contribution in [0, 0.1) is 6.92 Å². The van der Waals surface area contributed by atoms with E-state index in [2.05, 4.69) is 39.8 Å². The number of hydrogen-bond acceptors (Lipinski definition) is 4. The van der Waals surface area contributed by atoms with Crippen LogP contribution in [0.1, 0.15) is 59.5 Å². The number of piperidine rings is 1. The third-order valence-corrected chi connectivity index (χ3v) is 6.10. The molecule has 1 aliphatic rings. The average molecular weight is 458 g/mol. The van der Waals surface area contributed by atoms with Gasteiger partial charge < -0.3 is 20.0 Å². The summed E-state index contributed by atoms with van der Waals surface area (Å²) in [5.74, 6) is -0.260. The highest BCUT2D eigenvalue weighted by atomic mass is 16.3. The minimum absolute atomic E-state index is 0.123. The van der Waals surface area contributed by atoms with Gasteiger partial charge in [0.2, 0.25) is 0 Å². The molecule has 0 unspecified atom stereocenters. The van der Waals surface area contributed by atoms with Crippen LogP contribution in [-0.2, 0) is 4.79 Å². The second-order valence-corrected chi connectivity index (χ2v) is 8.73. The van der Waals surface area contributed by atoms with Crippen LogP contribution < -0.4 is 15.5 Å². The molecule has 0 radical (unpaired) electrons. The normalized spacial score (nSPS) is 15.0. The molecular formula is C28H31N3O3. The van der Waals surface area contributed by atoms with Crippen LogP contribution in [0.3, 0.4) is 0 Å². The van der Waals surface area contributed by atoms with Crippen molar-refractivity contribution in [3.8, 4) is 0 Å². The van der Waals surface area contributed by atoms with Crippen LogP contribution in [0.25, 0.3) is 6.08 Å². The zero-order valence-corrected chi connectivity index (χ0v) is 19.7. The minimum Gasteiger partial charge on any atom is -0.465 e. The number of nitrogens with one attached hydrogen (secondary N) is 2. The summed E-state index contributed by atoms with van der Waals surface area (Å²) in [5, 5.41) is 5.74. The van der Waals surface area contributed by atoms with Crippen LogP contribution >= 0.6 is 0 Å². The second kappa shape index (κ2) is 10.9. The Morgan fingerprint density at radius 3 is 2.32 bits per heavy atom. The van der Waals surface area contributed by atoms with Gasteiger partial charge in [-0.05, 0) is 75.1 Å². The minimum atomic E-state index is -0.385. The number of carbonyl (C=O) groups is 2. The molecule has 1 atom stereocenters. The second-order valence-electron chi connectivity index (χ2n) is 8.73. The molecule has 34 heavy (non-hydrogen) atoms. The van der Waals surface area contributed by atoms with Gasteiger partial charge in [-0.3, -0.25) is 9.59 Å². The number of rotatable bonds is 7. The summed E-state index contributed by atoms with van der Waals surface area (Å²) in [6.07, 6.45) is 6.82. The van der Waals surface area contributed by atoms with Crippen LogP contribution in [0.15, 0.2) is 77.0 Å². The summed E-state index contributed by atoms with van der Waals surface area (Å²) in [6.45, 7) is 6.07. The van der Waals surface area contributed by atoms with Gasteiger partial charge in [-0.25, -0.2) is 0 Å². The lowest BCUT2D eigenvalue weighted by atomic mass is 10.1. The first-order valence-corrected chi connectivity index (χ1v) is 11.8. The number of anilines is 1. The van der Waals surface area contributed by atoms with Crippen molar-refractivity contribution < 1.29 is 14.0 Å². The van der Waals surface area contributed by atoms with Gasteiger partial charge in [0.05, 0.1) is 12.3 Å². The lowest BCUT2D eigenvalue weighted by molar-refractivity contribution is -0.118. The predicted octanol–water partition coefficient (Wildman–Crippen LogP) is 5.23. The Kier molecular flexibility index (Phi) is 7.48. The van der Waals surface area contributed by atoms with Gasteiger partial charge in [0.25, 0.3) is 11.8 Å². The van der Waals surface area contributed by atoms with Crippen molar-refractivity contribution >= 4 is 23.6 Å². The number of nitrogens with zero attached hydrogens (tertiary/aromatic N) is 1. The van der Waals surface area contributed by atoms with Crippen molar-refractivity contribution in [1.29, 1.82) is 0 Å². The smallest absolute Gasteiger partial charge is 0.268 e. The van der Waals surface area contributed by atoms with E-state index < -0.39 is 0 Å². The van der Waals surface area contributed by atoms with E-state index in [0.29, 0.717) is 11.3 Å². The third kappa shape index (κ3) is 5.95. The highest BCUT2D eigenvalue weighted by molar-refractivity contribution is 6.05. The Morgan fingerprint density at radius 2 is 1.68 bits per heavy atom. The predicted molar refractivity (Wildman–Crippen MR) is 134 cm³/mol. The standard InChI is InChI=1S/C28H31N3O3/c1-20-8-10-23(11-9-20)27(32)30-26(19-25-7-6-18-34-25)28(33)29-21(2)22-12-14-24(15-13-22)31-16-4-3-5-17-31/h6-15,18-19,21H,3-5,16-17H2,1-2H3,(H,29,33)(H,30,32)/b26-19-/t21-/m1/s1. The molecule has 2 aromatic carbocycles. The molecule has 1 aliphatic heterocycles. The van der Waals surface area contributed by atoms with Gasteiger partial charge in [0.1, 0.15) is 11.5 Å². The molecule has 0 spiro atoms. The number of furan rings is 1. The van der Waals surface area contributed by atoms with Gasteiger partial charge >= 0.3 is 0 Å². The van der Waals surface area contributed by atoms with Crippen molar-refractivity contribution in [3.05, 3.63) is 95.1 Å². The van der Waals surface area contributed by atoms with Crippen LogP contribution in [0.2, 0.25) is 0 Å². The van der Waals surface area contributed by atoms with Gasteiger partial charge in [0.15, 0.2) is 0 Å². The van der Waals surface area contributed by atoms with E-state index in [1.165, 1.54) is 37.3 Å². The molecule has 3 aromatic rings. The van der Waals surface area contributed by atoms with Gasteiger partial charge in [-0.15, -0.1) is 0 Å². The van der Waals surface area contributed by atoms with E-state index in [4.69, 9.17) is 4.42 Å². The molecule has 1 aromatic heterocycles. The largest absolute Gasteiger partial charge is 0.465 e. The maximum Gasteiger partial charge on any atom is 0.268 e. The summed E-state index contributed by atoms with van der Waals surface area (Å²) < 4.78 is 5.37. The van der Waals surface area contributed by atoms with E-state index in [1.807, 2.05) is 26.0 Å². The molecule has 0 aliphatic carbocycles. The molecule has 0 saturated carbocycles. The molecule has 4 rings (SSSR count). The Labute approximate surface area is 200 Å². The zero-order chi connectivity index (χ0) is 23.9. The number of benzene rings is 2. The van der Waals surface area contributed by atoms with Crippen LogP contribution in [0.4, 0.5) is 5.69 Å². The lowest BCUT2D eigenvalue weighted by Crippen LogP contribution is -2.36. The SMILES string of the molecule is Cc1ccc(C(=O)N/C(=C\c2ccco2)C(=O)N[C@H](C)c2ccc(N3CCCCC3)cc2)cc1. The molecule has 2 heterocycles. The summed E-state index contributed by atoms with van der Waals surface area (Å²) in [4.78, 5) is 28.3. The molecule has 1 fully saturated rings. The molecule has 6 heteroatoms. The zero-order valence-electron chi connectivity index (χ0n) is 19.7. The molecule has 0 bridgehead atoms. The van der Waals surface area contributed by atoms with E-state index in [-0.39, 0.29) is 23.6 Å². The summed E-state index contributed by atoms with van der Waals surface area (Å²) in [5.41, 5.74) is 3.87. The van der Waals surface area contributed by atoms with Gasteiger partial charge in [-0.1, -0.05) is 29.8 Å². The van der Waals surface area contributed by atoms with E-state index in [1.54, 1.807) is 24.3 Å². The van der Waals surface area contributed by atoms with Crippen molar-refractivity contribution in [2.24, 2.45) is 0 Å². The molecule has 176 valence electrons. The van der Waals surface area contributed by atoms with Crippen molar-refractivity contribution in [1.82, 2.24) is 10.6 Å². The van der Waals surface area contributed by atoms with E-state index in [0.717, 1.165) is 24.2 Å². The monoisotopic (exact) mass is 457 g/mol. The van der Waals surface area contributed by atoms with Crippen molar-refractivity contribution in [2.45, 2.75) is 39.2 Å². The average Bonchev–Trinajstić information content (AvgIpc) is 3.38. The Bertz CT molecular complexity index is 1130. The van der Waals surface area contributed by atoms with Gasteiger partial charge in [-0.2, -0.15) is 0 Å². The molecule has 1 saturated heterocycles. The molecular weight excluding hydrogens is 426 g/mol. The topological polar surface area (TPSA) is 74.6 Å². The number of hydrogen-bond donors (Lipinski definition) is 2. The number of carbonyl (C=O) groups excluding carboxylic acids is 2. The van der Waals surface area contributed by atoms with Crippen LogP contribution in [0.5, 0.6) is 0 Å². The van der Waals surface area contributed by atoms with E-state index >= 15 is 0 Å². The first kappa shape index (κ1) is 23.4. The van der Waals surface area contributed by atoms with Crippen molar-refractivity contribution in [2.75, 3.05) is 18.0 Å². The van der Waals surface area contributed by atoms with E-state index in [9.17, 15) is 9.59 Å². The van der Waals surface area contributed by atoms with Crippen LogP contribution in [-0.4, -0.2) is 24.9 Å². The number of amides is 2. The lowest BCUT2D eigenvalue weighted by Gasteiger charge is -2.29. The van der Waals surface area contributed by atoms with Gasteiger partial charge in [0, 0.05) is 30.4 Å². The fourth-order valence-corrected chi connectivity index (χ4v) is 4.06. The fraction of sp³-hybridized carbons (Fsp3) is 0.286. The summed E-state index contributed by atoms with van der Waals surface area (Å²) >= 11 is 0. The fourth-order valence-electron chi connectivity index (χ4n) is 4.06. The molecule has 2 amide bonds. The quantitative estimate of drug-likeness (QED) is 0.477. The Hall–Kier alpha value is -3.80.